The molecular formula is C29H25NS. The zero-order chi connectivity index (χ0) is 22.4. The molecule has 31 heavy (non-hydrogen) atoms. The van der Waals surface area contributed by atoms with E-state index in [1.807, 2.05) is 18.2 Å². The maximum absolute atomic E-state index is 8.82. The summed E-state index contributed by atoms with van der Waals surface area (Å²) in [5, 5.41) is 2.49. The van der Waals surface area contributed by atoms with Crippen molar-refractivity contribution in [2.24, 2.45) is 5.92 Å². The normalized spacial score (nSPS) is 16.0. The molecule has 2 aromatic heterocycles. The number of hydrogen-bond acceptors (Lipinski definition) is 2. The van der Waals surface area contributed by atoms with Crippen molar-refractivity contribution in [3.63, 3.8) is 0 Å². The molecule has 0 spiro atoms. The van der Waals surface area contributed by atoms with Gasteiger partial charge in [0.1, 0.15) is 0 Å². The van der Waals surface area contributed by atoms with Crippen LogP contribution in [0.2, 0.25) is 0 Å². The van der Waals surface area contributed by atoms with E-state index in [-0.39, 0.29) is 5.92 Å². The van der Waals surface area contributed by atoms with E-state index in [1.54, 1.807) is 17.5 Å². The van der Waals surface area contributed by atoms with Crippen LogP contribution in [0.5, 0.6) is 0 Å². The molecule has 0 aliphatic heterocycles. The van der Waals surface area contributed by atoms with Gasteiger partial charge in [-0.15, -0.1) is 11.3 Å². The SMILES string of the molecule is [2H]C([2H])(c1ccnc(-c2cccc3c2sc2ccc(-c4ccccc4)cc23)c1)C1CCCC1. The van der Waals surface area contributed by atoms with Gasteiger partial charge in [-0.1, -0.05) is 80.3 Å². The van der Waals surface area contributed by atoms with Crippen LogP contribution in [-0.4, -0.2) is 4.98 Å². The maximum Gasteiger partial charge on any atom is 0.0719 e. The molecule has 0 N–H and O–H groups in total. The Bertz CT molecular complexity index is 1450. The standard InChI is InChI=1S/C29H25NS/c1-2-9-22(10-3-1)23-13-14-28-26(19-23)24-11-6-12-25(29(24)31-28)27-18-21(15-16-30-27)17-20-7-4-5-8-20/h1-3,6,9-16,18-20H,4-5,7-8,17H2/i17D2. The number of nitrogens with zero attached hydrogens (tertiary/aromatic N) is 1. The molecule has 1 aliphatic carbocycles. The quantitative estimate of drug-likeness (QED) is 0.283. The predicted molar refractivity (Wildman–Crippen MR) is 134 cm³/mol. The van der Waals surface area contributed by atoms with Crippen molar-refractivity contribution in [1.82, 2.24) is 4.98 Å². The van der Waals surface area contributed by atoms with Gasteiger partial charge < -0.3 is 0 Å². The maximum atomic E-state index is 8.82. The summed E-state index contributed by atoms with van der Waals surface area (Å²) in [6, 6.07) is 27.4. The summed E-state index contributed by atoms with van der Waals surface area (Å²) >= 11 is 1.79. The Morgan fingerprint density at radius 2 is 1.71 bits per heavy atom. The third-order valence-corrected chi connectivity index (χ3v) is 7.59. The summed E-state index contributed by atoms with van der Waals surface area (Å²) in [6.45, 7) is 0. The minimum atomic E-state index is -1.31. The van der Waals surface area contributed by atoms with E-state index in [0.29, 0.717) is 0 Å². The second-order valence-electron chi connectivity index (χ2n) is 8.42. The number of fused-ring (bicyclic) bond motifs is 3. The molecule has 0 unspecified atom stereocenters. The van der Waals surface area contributed by atoms with Crippen LogP contribution in [0.4, 0.5) is 0 Å². The molecule has 0 radical (unpaired) electrons. The van der Waals surface area contributed by atoms with Crippen LogP contribution in [-0.2, 0) is 6.37 Å². The van der Waals surface area contributed by atoms with Crippen molar-refractivity contribution < 1.29 is 2.74 Å². The number of thiophene rings is 1. The van der Waals surface area contributed by atoms with Crippen LogP contribution < -0.4 is 0 Å². The third-order valence-electron chi connectivity index (χ3n) is 6.37. The van der Waals surface area contributed by atoms with Crippen molar-refractivity contribution in [2.75, 3.05) is 0 Å². The van der Waals surface area contributed by atoms with Crippen LogP contribution in [0.25, 0.3) is 42.6 Å². The zero-order valence-electron chi connectivity index (χ0n) is 19.3. The summed E-state index contributed by atoms with van der Waals surface area (Å²) in [5.74, 6) is 0.101. The van der Waals surface area contributed by atoms with Crippen molar-refractivity contribution in [3.05, 3.63) is 90.6 Å². The Kier molecular flexibility index (Phi) is 4.27. The van der Waals surface area contributed by atoms with Gasteiger partial charge >= 0.3 is 0 Å². The lowest BCUT2D eigenvalue weighted by Gasteiger charge is -2.10. The van der Waals surface area contributed by atoms with Gasteiger partial charge in [0.15, 0.2) is 0 Å². The molecule has 0 amide bonds. The number of benzene rings is 3. The predicted octanol–water partition coefficient (Wildman–Crippen LogP) is 8.52. The lowest BCUT2D eigenvalue weighted by atomic mass is 9.97. The molecule has 0 saturated heterocycles. The first-order chi connectivity index (χ1) is 16.1. The molecule has 6 rings (SSSR count). The van der Waals surface area contributed by atoms with E-state index in [4.69, 9.17) is 2.74 Å². The summed E-state index contributed by atoms with van der Waals surface area (Å²) in [6.07, 6.45) is 4.67. The van der Waals surface area contributed by atoms with Crippen LogP contribution >= 0.6 is 11.3 Å². The fourth-order valence-electron chi connectivity index (χ4n) is 4.78. The van der Waals surface area contributed by atoms with Gasteiger partial charge in [0, 0.05) is 34.7 Å². The van der Waals surface area contributed by atoms with E-state index >= 15 is 0 Å². The molecule has 5 aromatic rings. The molecule has 0 atom stereocenters. The second kappa shape index (κ2) is 7.94. The van der Waals surface area contributed by atoms with Gasteiger partial charge in [0.05, 0.1) is 5.69 Å². The van der Waals surface area contributed by atoms with Gasteiger partial charge in [-0.2, -0.15) is 0 Å². The van der Waals surface area contributed by atoms with Crippen molar-refractivity contribution in [2.45, 2.75) is 32.1 Å². The average Bonchev–Trinajstić information content (AvgIpc) is 3.53. The van der Waals surface area contributed by atoms with Crippen LogP contribution in [0, 0.1) is 5.92 Å². The molecule has 0 bridgehead atoms. The highest BCUT2D eigenvalue weighted by Gasteiger charge is 2.17. The Labute approximate surface area is 190 Å². The Morgan fingerprint density at radius 1 is 0.839 bits per heavy atom. The Morgan fingerprint density at radius 3 is 2.58 bits per heavy atom. The van der Waals surface area contributed by atoms with Crippen molar-refractivity contribution in [1.29, 1.82) is 0 Å². The van der Waals surface area contributed by atoms with E-state index in [1.165, 1.54) is 31.3 Å². The van der Waals surface area contributed by atoms with E-state index in [9.17, 15) is 0 Å². The smallest absolute Gasteiger partial charge is 0.0719 e. The summed E-state index contributed by atoms with van der Waals surface area (Å²) in [5.41, 5.74) is 5.13. The molecule has 1 nitrogen and oxygen atoms in total. The molecule has 1 saturated carbocycles. The fraction of sp³-hybridized carbons (Fsp3) is 0.207. The van der Waals surface area contributed by atoms with E-state index < -0.39 is 6.37 Å². The fourth-order valence-corrected chi connectivity index (χ4v) is 5.99. The molecule has 152 valence electrons. The number of hydrogen-bond donors (Lipinski definition) is 0. The summed E-state index contributed by atoms with van der Waals surface area (Å²) in [4.78, 5) is 4.68. The van der Waals surface area contributed by atoms with Gasteiger partial charge in [0.2, 0.25) is 0 Å². The molecule has 1 aliphatic rings. The van der Waals surface area contributed by atoms with Crippen LogP contribution in [0.3, 0.4) is 0 Å². The Hall–Kier alpha value is -2.97. The number of aromatic nitrogens is 1. The molecular weight excluding hydrogens is 394 g/mol. The van der Waals surface area contributed by atoms with Crippen LogP contribution in [0.1, 0.15) is 34.0 Å². The average molecular weight is 422 g/mol. The second-order valence-corrected chi connectivity index (χ2v) is 9.47. The Balaban J connectivity index is 1.47. The van der Waals surface area contributed by atoms with Crippen LogP contribution in [0.15, 0.2) is 85.1 Å². The highest BCUT2D eigenvalue weighted by atomic mass is 32.1. The first-order valence-corrected chi connectivity index (χ1v) is 11.9. The molecule has 1 fully saturated rings. The van der Waals surface area contributed by atoms with Gasteiger partial charge in [-0.25, -0.2) is 0 Å². The summed E-state index contributed by atoms with van der Waals surface area (Å²) in [7, 11) is 0. The first-order valence-electron chi connectivity index (χ1n) is 12.1. The van der Waals surface area contributed by atoms with Gasteiger partial charge in [0.25, 0.3) is 0 Å². The van der Waals surface area contributed by atoms with Crippen molar-refractivity contribution in [3.8, 4) is 22.4 Å². The van der Waals surface area contributed by atoms with Gasteiger partial charge in [-0.3, -0.25) is 4.98 Å². The number of pyridine rings is 1. The van der Waals surface area contributed by atoms with E-state index in [2.05, 4.69) is 65.6 Å². The highest BCUT2D eigenvalue weighted by molar-refractivity contribution is 7.26. The zero-order valence-corrected chi connectivity index (χ0v) is 18.2. The molecule has 3 aromatic carbocycles. The minimum absolute atomic E-state index is 0.101. The largest absolute Gasteiger partial charge is 0.256 e. The lowest BCUT2D eigenvalue weighted by molar-refractivity contribution is 0.546. The monoisotopic (exact) mass is 421 g/mol. The third kappa shape index (κ3) is 3.55. The van der Waals surface area contributed by atoms with E-state index in [0.717, 1.165) is 42.5 Å². The summed E-state index contributed by atoms with van der Waals surface area (Å²) < 4.78 is 20.1. The van der Waals surface area contributed by atoms with Gasteiger partial charge in [-0.05, 0) is 53.2 Å². The molecule has 2 heterocycles. The topological polar surface area (TPSA) is 12.9 Å². The number of rotatable bonds is 4. The lowest BCUT2D eigenvalue weighted by Crippen LogP contribution is -1.99. The molecule has 2 heteroatoms. The highest BCUT2D eigenvalue weighted by Crippen LogP contribution is 2.41. The minimum Gasteiger partial charge on any atom is -0.256 e. The first kappa shape index (κ1) is 16.7. The van der Waals surface area contributed by atoms with Crippen molar-refractivity contribution >= 4 is 31.5 Å².